The second-order valence-corrected chi connectivity index (χ2v) is 5.77. The maximum Gasteiger partial charge on any atom is 0.325 e. The number of carboxylic acids is 1. The molecule has 1 saturated heterocycles. The second-order valence-electron chi connectivity index (χ2n) is 5.77. The van der Waals surface area contributed by atoms with Gasteiger partial charge < -0.3 is 10.4 Å². The summed E-state index contributed by atoms with van der Waals surface area (Å²) in [6, 6.07) is 4.19. The molecule has 1 heterocycles. The number of amides is 3. The highest BCUT2D eigenvalue weighted by molar-refractivity contribution is 6.01. The highest BCUT2D eigenvalue weighted by atomic mass is 16.4. The number of rotatable bonds is 4. The fourth-order valence-corrected chi connectivity index (χ4v) is 2.63. The van der Waals surface area contributed by atoms with E-state index in [9.17, 15) is 14.4 Å². The van der Waals surface area contributed by atoms with Crippen molar-refractivity contribution >= 4 is 23.6 Å². The molecule has 3 amide bonds. The van der Waals surface area contributed by atoms with Crippen LogP contribution in [0, 0.1) is 13.8 Å². The number of benzene rings is 1. The van der Waals surface area contributed by atoms with E-state index < -0.39 is 23.9 Å². The highest BCUT2D eigenvalue weighted by Gasteiger charge is 2.31. The lowest BCUT2D eigenvalue weighted by atomic mass is 10.1. The van der Waals surface area contributed by atoms with E-state index in [2.05, 4.69) is 10.6 Å². The van der Waals surface area contributed by atoms with Crippen LogP contribution in [0.1, 0.15) is 24.0 Å². The lowest BCUT2D eigenvalue weighted by Gasteiger charge is -2.20. The van der Waals surface area contributed by atoms with E-state index >= 15 is 0 Å². The lowest BCUT2D eigenvalue weighted by molar-refractivity contribution is -0.142. The molecule has 1 fully saturated rings. The monoisotopic (exact) mass is 319 g/mol. The molecule has 1 aliphatic heterocycles. The van der Waals surface area contributed by atoms with E-state index in [0.717, 1.165) is 17.5 Å². The molecule has 1 aliphatic rings. The molecule has 0 aromatic heterocycles. The van der Waals surface area contributed by atoms with E-state index in [-0.39, 0.29) is 6.54 Å². The third kappa shape index (κ3) is 4.53. The predicted molar refractivity (Wildman–Crippen MR) is 85.3 cm³/mol. The number of hydrogen-bond acceptors (Lipinski definition) is 4. The molecule has 0 bridgehead atoms. The van der Waals surface area contributed by atoms with Crippen LogP contribution in [-0.4, -0.2) is 47.0 Å². The smallest absolute Gasteiger partial charge is 0.325 e. The van der Waals surface area contributed by atoms with Gasteiger partial charge in [0.25, 0.3) is 0 Å². The van der Waals surface area contributed by atoms with Gasteiger partial charge in [0.15, 0.2) is 0 Å². The van der Waals surface area contributed by atoms with E-state index in [1.165, 1.54) is 0 Å². The van der Waals surface area contributed by atoms with Crippen LogP contribution in [0.3, 0.4) is 0 Å². The Bertz CT molecular complexity index is 630. The predicted octanol–water partition coefficient (Wildman–Crippen LogP) is 1.50. The van der Waals surface area contributed by atoms with Crippen LogP contribution in [0.15, 0.2) is 18.2 Å². The van der Waals surface area contributed by atoms with E-state index in [0.29, 0.717) is 18.7 Å². The van der Waals surface area contributed by atoms with Gasteiger partial charge in [0, 0.05) is 5.69 Å². The Hall–Kier alpha value is -2.41. The van der Waals surface area contributed by atoms with Gasteiger partial charge in [0.2, 0.25) is 5.91 Å². The number of aryl methyl sites for hydroxylation is 2. The first-order valence-corrected chi connectivity index (χ1v) is 7.52. The number of nitrogens with one attached hydrogen (secondary N) is 2. The Morgan fingerprint density at radius 1 is 1.26 bits per heavy atom. The van der Waals surface area contributed by atoms with E-state index in [1.807, 2.05) is 26.0 Å². The molecule has 124 valence electrons. The standard InChI is InChI=1S/C16H21N3O4/c1-10-5-6-12(8-11(10)2)17-16(23)18-14(20)9-19-7-3-4-13(19)15(21)22/h5-6,8,13H,3-4,7,9H2,1-2H3,(H,21,22)(H2,17,18,20,23)/t13-/m1/s1. The number of carbonyl (C=O) groups is 3. The summed E-state index contributed by atoms with van der Waals surface area (Å²) in [5, 5.41) is 13.9. The summed E-state index contributed by atoms with van der Waals surface area (Å²) in [7, 11) is 0. The normalized spacial score (nSPS) is 17.7. The third-order valence-electron chi connectivity index (χ3n) is 4.01. The van der Waals surface area contributed by atoms with Gasteiger partial charge in [-0.2, -0.15) is 0 Å². The zero-order chi connectivity index (χ0) is 17.0. The molecule has 7 nitrogen and oxygen atoms in total. The van der Waals surface area contributed by atoms with Gasteiger partial charge in [-0.15, -0.1) is 0 Å². The Labute approximate surface area is 134 Å². The average molecular weight is 319 g/mol. The molecule has 1 aromatic rings. The van der Waals surface area contributed by atoms with Crippen molar-refractivity contribution in [2.75, 3.05) is 18.4 Å². The van der Waals surface area contributed by atoms with E-state index in [1.54, 1.807) is 11.0 Å². The van der Waals surface area contributed by atoms with Crippen LogP contribution in [0.4, 0.5) is 10.5 Å². The molecule has 0 saturated carbocycles. The Kier molecular flexibility index (Phi) is 5.33. The maximum absolute atomic E-state index is 11.9. The molecule has 23 heavy (non-hydrogen) atoms. The summed E-state index contributed by atoms with van der Waals surface area (Å²) in [6.45, 7) is 4.35. The number of aliphatic carboxylic acids is 1. The van der Waals surface area contributed by atoms with Crippen LogP contribution >= 0.6 is 0 Å². The zero-order valence-electron chi connectivity index (χ0n) is 13.3. The van der Waals surface area contributed by atoms with Gasteiger partial charge in [0.1, 0.15) is 6.04 Å². The van der Waals surface area contributed by atoms with Crippen LogP contribution in [-0.2, 0) is 9.59 Å². The molecular weight excluding hydrogens is 298 g/mol. The molecule has 2 rings (SSSR count). The summed E-state index contributed by atoms with van der Waals surface area (Å²) in [4.78, 5) is 36.3. The fourth-order valence-electron chi connectivity index (χ4n) is 2.63. The Morgan fingerprint density at radius 2 is 2.00 bits per heavy atom. The van der Waals surface area contributed by atoms with Crippen LogP contribution in [0.2, 0.25) is 0 Å². The molecule has 3 N–H and O–H groups in total. The van der Waals surface area contributed by atoms with Crippen molar-refractivity contribution in [1.29, 1.82) is 0 Å². The minimum Gasteiger partial charge on any atom is -0.480 e. The summed E-state index contributed by atoms with van der Waals surface area (Å²) in [5.74, 6) is -1.45. The Balaban J connectivity index is 1.86. The number of urea groups is 1. The average Bonchev–Trinajstić information content (AvgIpc) is 2.90. The number of anilines is 1. The minimum atomic E-state index is -0.935. The summed E-state index contributed by atoms with van der Waals surface area (Å²) in [6.07, 6.45) is 1.26. The van der Waals surface area contributed by atoms with Gasteiger partial charge in [-0.25, -0.2) is 4.79 Å². The number of nitrogens with zero attached hydrogens (tertiary/aromatic N) is 1. The SMILES string of the molecule is Cc1ccc(NC(=O)NC(=O)CN2CCC[C@@H]2C(=O)O)cc1C. The van der Waals surface area contributed by atoms with Crippen molar-refractivity contribution in [3.63, 3.8) is 0 Å². The van der Waals surface area contributed by atoms with Gasteiger partial charge in [-0.1, -0.05) is 6.07 Å². The molecule has 0 unspecified atom stereocenters. The van der Waals surface area contributed by atoms with Crippen LogP contribution < -0.4 is 10.6 Å². The number of likely N-dealkylation sites (tertiary alicyclic amines) is 1. The van der Waals surface area contributed by atoms with Gasteiger partial charge in [-0.05, 0) is 56.5 Å². The quantitative estimate of drug-likeness (QED) is 0.781. The van der Waals surface area contributed by atoms with Crippen molar-refractivity contribution in [2.24, 2.45) is 0 Å². The van der Waals surface area contributed by atoms with Gasteiger partial charge in [-0.3, -0.25) is 19.8 Å². The van der Waals surface area contributed by atoms with Crippen molar-refractivity contribution in [3.8, 4) is 0 Å². The van der Waals surface area contributed by atoms with Gasteiger partial charge in [0.05, 0.1) is 6.54 Å². The van der Waals surface area contributed by atoms with Gasteiger partial charge >= 0.3 is 12.0 Å². The van der Waals surface area contributed by atoms with Crippen molar-refractivity contribution < 1.29 is 19.5 Å². The van der Waals surface area contributed by atoms with E-state index in [4.69, 9.17) is 5.11 Å². The molecule has 0 spiro atoms. The number of carbonyl (C=O) groups excluding carboxylic acids is 2. The lowest BCUT2D eigenvalue weighted by Crippen LogP contribution is -2.45. The number of carboxylic acid groups (broad SMARTS) is 1. The van der Waals surface area contributed by atoms with Crippen LogP contribution in [0.5, 0.6) is 0 Å². The largest absolute Gasteiger partial charge is 0.480 e. The molecule has 0 radical (unpaired) electrons. The van der Waals surface area contributed by atoms with Crippen molar-refractivity contribution in [1.82, 2.24) is 10.2 Å². The molecule has 0 aliphatic carbocycles. The fraction of sp³-hybridized carbons (Fsp3) is 0.438. The summed E-state index contributed by atoms with van der Waals surface area (Å²) < 4.78 is 0. The second kappa shape index (κ2) is 7.23. The maximum atomic E-state index is 11.9. The molecule has 7 heteroatoms. The number of imide groups is 1. The highest BCUT2D eigenvalue weighted by Crippen LogP contribution is 2.17. The number of hydrogen-bond donors (Lipinski definition) is 3. The first-order valence-electron chi connectivity index (χ1n) is 7.52. The summed E-state index contributed by atoms with van der Waals surface area (Å²) in [5.41, 5.74) is 2.75. The minimum absolute atomic E-state index is 0.0999. The Morgan fingerprint density at radius 3 is 2.65 bits per heavy atom. The topological polar surface area (TPSA) is 98.7 Å². The van der Waals surface area contributed by atoms with Crippen molar-refractivity contribution in [2.45, 2.75) is 32.7 Å². The first kappa shape index (κ1) is 17.0. The zero-order valence-corrected chi connectivity index (χ0v) is 13.3. The molecule has 1 aromatic carbocycles. The first-order chi connectivity index (χ1) is 10.9. The third-order valence-corrected chi connectivity index (χ3v) is 4.01. The molecular formula is C16H21N3O4. The summed E-state index contributed by atoms with van der Waals surface area (Å²) >= 11 is 0. The molecule has 1 atom stereocenters. The van der Waals surface area contributed by atoms with Crippen molar-refractivity contribution in [3.05, 3.63) is 29.3 Å². The van der Waals surface area contributed by atoms with Crippen LogP contribution in [0.25, 0.3) is 0 Å².